The van der Waals surface area contributed by atoms with Gasteiger partial charge in [0.05, 0.1) is 45.8 Å². The average Bonchev–Trinajstić information content (AvgIpc) is 3.69. The number of imide groups is 2. The molecule has 1 saturated heterocycles. The molecule has 0 bridgehead atoms. The molecular formula is C33H26N6O4. The van der Waals surface area contributed by atoms with Gasteiger partial charge in [-0.15, -0.1) is 0 Å². The molecule has 2 aliphatic heterocycles. The van der Waals surface area contributed by atoms with Gasteiger partial charge >= 0.3 is 0 Å². The summed E-state index contributed by atoms with van der Waals surface area (Å²) in [6, 6.07) is 12.1. The van der Waals surface area contributed by atoms with Crippen molar-refractivity contribution in [3.63, 3.8) is 0 Å². The normalized spacial score (nSPS) is 23.1. The van der Waals surface area contributed by atoms with E-state index in [9.17, 15) is 19.2 Å². The van der Waals surface area contributed by atoms with Gasteiger partial charge in [-0.3, -0.25) is 39.1 Å². The number of para-hydroxylation sites is 2. The number of aromatic nitrogens is 4. The molecule has 2 saturated carbocycles. The van der Waals surface area contributed by atoms with Gasteiger partial charge in [0, 0.05) is 35.6 Å². The molecule has 4 amide bonds. The number of rotatable bonds is 4. The number of nitrogens with one attached hydrogen (secondary N) is 1. The molecule has 2 aromatic carbocycles. The van der Waals surface area contributed by atoms with Crippen LogP contribution in [-0.4, -0.2) is 54.3 Å². The third-order valence-corrected chi connectivity index (χ3v) is 8.82. The van der Waals surface area contributed by atoms with E-state index in [0.29, 0.717) is 11.5 Å². The van der Waals surface area contributed by atoms with E-state index in [2.05, 4.69) is 33.0 Å². The van der Waals surface area contributed by atoms with E-state index in [0.717, 1.165) is 58.6 Å². The van der Waals surface area contributed by atoms with Crippen molar-refractivity contribution in [2.45, 2.75) is 56.5 Å². The number of piperidine rings is 1. The van der Waals surface area contributed by atoms with Gasteiger partial charge in [-0.1, -0.05) is 30.0 Å². The Kier molecular flexibility index (Phi) is 5.76. The van der Waals surface area contributed by atoms with Crippen molar-refractivity contribution in [1.29, 1.82) is 0 Å². The Labute approximate surface area is 246 Å². The first-order valence-corrected chi connectivity index (χ1v) is 14.6. The van der Waals surface area contributed by atoms with E-state index in [-0.39, 0.29) is 35.9 Å². The number of amides is 4. The molecule has 1 unspecified atom stereocenters. The van der Waals surface area contributed by atoms with Crippen LogP contribution in [0.5, 0.6) is 0 Å². The van der Waals surface area contributed by atoms with Crippen LogP contribution in [-0.2, 0) is 9.59 Å². The fourth-order valence-electron chi connectivity index (χ4n) is 6.26. The molecule has 0 radical (unpaired) electrons. The van der Waals surface area contributed by atoms with Crippen molar-refractivity contribution in [2.24, 2.45) is 5.92 Å². The Hall–Kier alpha value is -5.17. The van der Waals surface area contributed by atoms with Gasteiger partial charge in [-0.05, 0) is 56.4 Å². The van der Waals surface area contributed by atoms with Crippen LogP contribution in [0.4, 0.5) is 0 Å². The summed E-state index contributed by atoms with van der Waals surface area (Å²) in [4.78, 5) is 60.9. The zero-order valence-corrected chi connectivity index (χ0v) is 23.1. The molecule has 4 heterocycles. The molecule has 4 aromatic rings. The smallest absolute Gasteiger partial charge is 0.263 e. The lowest BCUT2D eigenvalue weighted by Crippen LogP contribution is -2.54. The van der Waals surface area contributed by atoms with Gasteiger partial charge in [-0.2, -0.15) is 5.10 Å². The van der Waals surface area contributed by atoms with E-state index < -0.39 is 29.7 Å². The molecule has 212 valence electrons. The zero-order valence-electron chi connectivity index (χ0n) is 23.1. The summed E-state index contributed by atoms with van der Waals surface area (Å²) in [5.74, 6) is 4.93. The van der Waals surface area contributed by atoms with Crippen LogP contribution < -0.4 is 5.32 Å². The summed E-state index contributed by atoms with van der Waals surface area (Å²) in [5, 5.41) is 7.22. The standard InChI is InChI=1S/C33H26N6O4/c40-28-13-12-27(31(41)36-28)39-32(42)22-5-3-4-19(29(22)33(39)43)9-8-18-14-21(15-18)38-17-23(30(37-38)20-10-11-20)26-16-34-24-6-1-2-7-25(24)35-26/h1-7,16-18,20-21,27H,10-15H2,(H,36,40,41). The van der Waals surface area contributed by atoms with E-state index >= 15 is 0 Å². The number of hydrogen-bond acceptors (Lipinski definition) is 7. The molecule has 8 rings (SSSR count). The van der Waals surface area contributed by atoms with Gasteiger partial charge < -0.3 is 0 Å². The monoisotopic (exact) mass is 570 g/mol. The summed E-state index contributed by atoms with van der Waals surface area (Å²) >= 11 is 0. The van der Waals surface area contributed by atoms with Crippen molar-refractivity contribution in [1.82, 2.24) is 30.0 Å². The highest BCUT2D eigenvalue weighted by Crippen LogP contribution is 2.45. The quantitative estimate of drug-likeness (QED) is 0.292. The third kappa shape index (κ3) is 4.31. The topological polar surface area (TPSA) is 127 Å². The summed E-state index contributed by atoms with van der Waals surface area (Å²) in [6.45, 7) is 0. The fourth-order valence-corrected chi connectivity index (χ4v) is 6.26. The third-order valence-electron chi connectivity index (χ3n) is 8.82. The molecule has 4 aliphatic rings. The minimum Gasteiger partial charge on any atom is -0.295 e. The number of carbonyl (C=O) groups excluding carboxylic acids is 4. The molecule has 43 heavy (non-hydrogen) atoms. The molecule has 10 heteroatoms. The maximum atomic E-state index is 13.4. The van der Waals surface area contributed by atoms with Crippen molar-refractivity contribution < 1.29 is 19.2 Å². The van der Waals surface area contributed by atoms with Crippen LogP contribution in [0.2, 0.25) is 0 Å². The fraction of sp³-hybridized carbons (Fsp3) is 0.303. The van der Waals surface area contributed by atoms with Gasteiger partial charge in [0.15, 0.2) is 0 Å². The van der Waals surface area contributed by atoms with Crippen LogP contribution in [0, 0.1) is 17.8 Å². The summed E-state index contributed by atoms with van der Waals surface area (Å²) < 4.78 is 2.05. The molecule has 10 nitrogen and oxygen atoms in total. The van der Waals surface area contributed by atoms with Crippen LogP contribution in [0.3, 0.4) is 0 Å². The van der Waals surface area contributed by atoms with E-state index in [1.165, 1.54) is 0 Å². The largest absolute Gasteiger partial charge is 0.295 e. The van der Waals surface area contributed by atoms with Crippen molar-refractivity contribution in [3.05, 3.63) is 77.2 Å². The van der Waals surface area contributed by atoms with E-state index in [4.69, 9.17) is 10.1 Å². The molecule has 2 aromatic heterocycles. The highest BCUT2D eigenvalue weighted by Gasteiger charge is 2.45. The second kappa shape index (κ2) is 9.70. The minimum atomic E-state index is -1.00. The first-order chi connectivity index (χ1) is 20.9. The maximum Gasteiger partial charge on any atom is 0.263 e. The Morgan fingerprint density at radius 2 is 1.70 bits per heavy atom. The number of nitrogens with zero attached hydrogens (tertiary/aromatic N) is 5. The van der Waals surface area contributed by atoms with Gasteiger partial charge in [0.1, 0.15) is 6.04 Å². The van der Waals surface area contributed by atoms with E-state index in [1.54, 1.807) is 18.2 Å². The Balaban J connectivity index is 1.00. The van der Waals surface area contributed by atoms with Crippen molar-refractivity contribution in [2.75, 3.05) is 0 Å². The SMILES string of the molecule is O=C1CCC(N2C(=O)c3cccc(C#CC4CC(n5cc(-c6cnc7ccccc7n6)c(C6CC6)n5)C4)c3C2=O)C(=O)N1. The number of hydrogen-bond donors (Lipinski definition) is 1. The highest BCUT2D eigenvalue weighted by atomic mass is 16.2. The summed E-state index contributed by atoms with van der Waals surface area (Å²) in [7, 11) is 0. The Bertz CT molecular complexity index is 1940. The van der Waals surface area contributed by atoms with E-state index in [1.807, 2.05) is 30.5 Å². The Morgan fingerprint density at radius 1 is 0.884 bits per heavy atom. The minimum absolute atomic E-state index is 0.0782. The van der Waals surface area contributed by atoms with Gasteiger partial charge in [-0.25, -0.2) is 4.98 Å². The molecule has 0 spiro atoms. The Morgan fingerprint density at radius 3 is 2.49 bits per heavy atom. The molecule has 1 atom stereocenters. The lowest BCUT2D eigenvalue weighted by atomic mass is 9.80. The maximum absolute atomic E-state index is 13.4. The lowest BCUT2D eigenvalue weighted by molar-refractivity contribution is -0.136. The molecule has 1 N–H and O–H groups in total. The summed E-state index contributed by atoms with van der Waals surface area (Å²) in [5.41, 5.74) is 5.63. The van der Waals surface area contributed by atoms with Crippen molar-refractivity contribution in [3.8, 4) is 23.1 Å². The second-order valence-electron chi connectivity index (χ2n) is 11.7. The van der Waals surface area contributed by atoms with Gasteiger partial charge in [0.25, 0.3) is 11.8 Å². The van der Waals surface area contributed by atoms with Crippen molar-refractivity contribution >= 4 is 34.7 Å². The van der Waals surface area contributed by atoms with Crippen LogP contribution in [0.1, 0.15) is 82.5 Å². The molecule has 3 fully saturated rings. The van der Waals surface area contributed by atoms with Crippen LogP contribution in [0.15, 0.2) is 54.9 Å². The second-order valence-corrected chi connectivity index (χ2v) is 11.7. The van der Waals surface area contributed by atoms with Gasteiger partial charge in [0.2, 0.25) is 11.8 Å². The molecule has 2 aliphatic carbocycles. The first kappa shape index (κ1) is 25.5. The highest BCUT2D eigenvalue weighted by molar-refractivity contribution is 6.24. The molecular weight excluding hydrogens is 544 g/mol. The number of fused-ring (bicyclic) bond motifs is 2. The average molecular weight is 571 g/mol. The van der Waals surface area contributed by atoms with Crippen LogP contribution >= 0.6 is 0 Å². The summed E-state index contributed by atoms with van der Waals surface area (Å²) in [6.07, 6.45) is 8.04. The zero-order chi connectivity index (χ0) is 29.2. The lowest BCUT2D eigenvalue weighted by Gasteiger charge is -2.32. The number of carbonyl (C=O) groups is 4. The van der Waals surface area contributed by atoms with Crippen LogP contribution in [0.25, 0.3) is 22.3 Å². The predicted octanol–water partition coefficient (Wildman–Crippen LogP) is 3.77. The predicted molar refractivity (Wildman–Crippen MR) is 154 cm³/mol. The number of benzene rings is 2. The first-order valence-electron chi connectivity index (χ1n) is 14.6.